The van der Waals surface area contributed by atoms with E-state index in [0.717, 1.165) is 38.5 Å². The van der Waals surface area contributed by atoms with E-state index < -0.39 is 5.54 Å². The van der Waals surface area contributed by atoms with E-state index in [1.54, 1.807) is 0 Å². The molecule has 2 aliphatic carbocycles. The van der Waals surface area contributed by atoms with Crippen LogP contribution in [0.25, 0.3) is 0 Å². The summed E-state index contributed by atoms with van der Waals surface area (Å²) >= 11 is 0. The van der Waals surface area contributed by atoms with Crippen molar-refractivity contribution in [3.8, 4) is 0 Å². The summed E-state index contributed by atoms with van der Waals surface area (Å²) in [5.41, 5.74) is 8.30. The van der Waals surface area contributed by atoms with Crippen LogP contribution in [0.5, 0.6) is 0 Å². The summed E-state index contributed by atoms with van der Waals surface area (Å²) in [7, 11) is 0. The van der Waals surface area contributed by atoms with Gasteiger partial charge < -0.3 is 11.1 Å². The molecule has 1 saturated carbocycles. The Morgan fingerprint density at radius 3 is 2.74 bits per heavy atom. The molecule has 0 spiro atoms. The highest BCUT2D eigenvalue weighted by Crippen LogP contribution is 2.32. The molecule has 1 atom stereocenters. The first-order chi connectivity index (χ1) is 9.19. The van der Waals surface area contributed by atoms with Crippen molar-refractivity contribution in [3.05, 3.63) is 35.4 Å². The summed E-state index contributed by atoms with van der Waals surface area (Å²) in [5.74, 6) is 0.0499. The van der Waals surface area contributed by atoms with E-state index in [1.807, 2.05) is 6.07 Å². The van der Waals surface area contributed by atoms with Gasteiger partial charge in [-0.1, -0.05) is 43.5 Å². The Kier molecular flexibility index (Phi) is 3.31. The quantitative estimate of drug-likeness (QED) is 0.856. The van der Waals surface area contributed by atoms with Gasteiger partial charge in [0.15, 0.2) is 0 Å². The van der Waals surface area contributed by atoms with Gasteiger partial charge in [-0.25, -0.2) is 0 Å². The minimum atomic E-state index is -0.629. The normalized spacial score (nSPS) is 24.8. The number of fused-ring (bicyclic) bond motifs is 1. The van der Waals surface area contributed by atoms with Crippen LogP contribution in [0, 0.1) is 0 Å². The van der Waals surface area contributed by atoms with Crippen LogP contribution in [-0.2, 0) is 11.2 Å². The second-order valence-electron chi connectivity index (χ2n) is 5.98. The first kappa shape index (κ1) is 12.7. The standard InChI is InChI=1S/C16H22N2O/c17-16(10-4-1-5-11-16)15(19)18-14-9-8-12-6-2-3-7-13(12)14/h2-3,6-7,14H,1,4-5,8-11,17H2,(H,18,19). The van der Waals surface area contributed by atoms with Crippen LogP contribution in [0.1, 0.15) is 55.7 Å². The summed E-state index contributed by atoms with van der Waals surface area (Å²) in [4.78, 5) is 12.4. The molecule has 0 bridgehead atoms. The van der Waals surface area contributed by atoms with Gasteiger partial charge in [0.1, 0.15) is 0 Å². The molecule has 0 aliphatic heterocycles. The van der Waals surface area contributed by atoms with Gasteiger partial charge in [0, 0.05) is 0 Å². The van der Waals surface area contributed by atoms with Gasteiger partial charge in [-0.15, -0.1) is 0 Å². The molecule has 2 aliphatic rings. The Morgan fingerprint density at radius 1 is 1.21 bits per heavy atom. The highest BCUT2D eigenvalue weighted by molar-refractivity contribution is 5.86. The number of amides is 1. The Balaban J connectivity index is 1.71. The second-order valence-corrected chi connectivity index (χ2v) is 5.98. The Labute approximate surface area is 114 Å². The lowest BCUT2D eigenvalue weighted by Gasteiger charge is -2.33. The zero-order valence-corrected chi connectivity index (χ0v) is 11.3. The molecule has 102 valence electrons. The third-order valence-corrected chi connectivity index (χ3v) is 4.64. The van der Waals surface area contributed by atoms with Crippen LogP contribution in [0.3, 0.4) is 0 Å². The molecule has 1 fully saturated rings. The predicted molar refractivity (Wildman–Crippen MR) is 75.7 cm³/mol. The molecule has 1 amide bonds. The Morgan fingerprint density at radius 2 is 1.95 bits per heavy atom. The van der Waals surface area contributed by atoms with E-state index >= 15 is 0 Å². The molecular formula is C16H22N2O. The number of rotatable bonds is 2. The third-order valence-electron chi connectivity index (χ3n) is 4.64. The fourth-order valence-electron chi connectivity index (χ4n) is 3.42. The lowest BCUT2D eigenvalue weighted by Crippen LogP contribution is -2.55. The third kappa shape index (κ3) is 2.39. The molecule has 3 nitrogen and oxygen atoms in total. The molecule has 0 aromatic heterocycles. The molecule has 3 N–H and O–H groups in total. The second kappa shape index (κ2) is 4.97. The van der Waals surface area contributed by atoms with Crippen molar-refractivity contribution >= 4 is 5.91 Å². The predicted octanol–water partition coefficient (Wildman–Crippen LogP) is 2.45. The summed E-state index contributed by atoms with van der Waals surface area (Å²) in [6.07, 6.45) is 7.06. The van der Waals surface area contributed by atoms with Crippen molar-refractivity contribution in [2.75, 3.05) is 0 Å². The zero-order valence-electron chi connectivity index (χ0n) is 11.3. The highest BCUT2D eigenvalue weighted by Gasteiger charge is 2.37. The number of benzene rings is 1. The number of nitrogens with two attached hydrogens (primary N) is 1. The maximum Gasteiger partial charge on any atom is 0.240 e. The van der Waals surface area contributed by atoms with Gasteiger partial charge in [0.25, 0.3) is 0 Å². The Hall–Kier alpha value is -1.35. The van der Waals surface area contributed by atoms with E-state index in [0.29, 0.717) is 0 Å². The molecule has 0 heterocycles. The van der Waals surface area contributed by atoms with Gasteiger partial charge in [-0.3, -0.25) is 4.79 Å². The van der Waals surface area contributed by atoms with Crippen LogP contribution in [0.2, 0.25) is 0 Å². The Bertz CT molecular complexity index is 477. The van der Waals surface area contributed by atoms with Crippen molar-refractivity contribution < 1.29 is 4.79 Å². The smallest absolute Gasteiger partial charge is 0.240 e. The van der Waals surface area contributed by atoms with Crippen molar-refractivity contribution in [1.82, 2.24) is 5.32 Å². The minimum Gasteiger partial charge on any atom is -0.348 e. The van der Waals surface area contributed by atoms with E-state index in [4.69, 9.17) is 5.73 Å². The number of carbonyl (C=O) groups excluding carboxylic acids is 1. The largest absolute Gasteiger partial charge is 0.348 e. The molecule has 3 heteroatoms. The van der Waals surface area contributed by atoms with Crippen molar-refractivity contribution in [2.24, 2.45) is 5.73 Å². The highest BCUT2D eigenvalue weighted by atomic mass is 16.2. The summed E-state index contributed by atoms with van der Waals surface area (Å²) < 4.78 is 0. The average Bonchev–Trinajstić information content (AvgIpc) is 2.83. The molecule has 0 radical (unpaired) electrons. The van der Waals surface area contributed by atoms with Crippen LogP contribution < -0.4 is 11.1 Å². The zero-order chi connectivity index (χ0) is 13.3. The molecule has 1 aromatic rings. The van der Waals surface area contributed by atoms with Crippen LogP contribution in [-0.4, -0.2) is 11.4 Å². The molecular weight excluding hydrogens is 236 g/mol. The van der Waals surface area contributed by atoms with E-state index in [9.17, 15) is 4.79 Å². The van der Waals surface area contributed by atoms with Crippen molar-refractivity contribution in [3.63, 3.8) is 0 Å². The molecule has 3 rings (SSSR count). The monoisotopic (exact) mass is 258 g/mol. The van der Waals surface area contributed by atoms with E-state index in [2.05, 4.69) is 23.5 Å². The fourth-order valence-corrected chi connectivity index (χ4v) is 3.42. The van der Waals surface area contributed by atoms with E-state index in [1.165, 1.54) is 17.5 Å². The van der Waals surface area contributed by atoms with E-state index in [-0.39, 0.29) is 11.9 Å². The number of nitrogens with one attached hydrogen (secondary N) is 1. The topological polar surface area (TPSA) is 55.1 Å². The van der Waals surface area contributed by atoms with Gasteiger partial charge in [0.05, 0.1) is 11.6 Å². The maximum atomic E-state index is 12.4. The first-order valence-electron chi connectivity index (χ1n) is 7.37. The number of hydrogen-bond donors (Lipinski definition) is 2. The average molecular weight is 258 g/mol. The van der Waals surface area contributed by atoms with Gasteiger partial charge >= 0.3 is 0 Å². The van der Waals surface area contributed by atoms with Gasteiger partial charge in [0.2, 0.25) is 5.91 Å². The van der Waals surface area contributed by atoms with Gasteiger partial charge in [-0.05, 0) is 36.8 Å². The molecule has 0 saturated heterocycles. The number of hydrogen-bond acceptors (Lipinski definition) is 2. The fraction of sp³-hybridized carbons (Fsp3) is 0.562. The van der Waals surface area contributed by atoms with Crippen molar-refractivity contribution in [2.45, 2.75) is 56.5 Å². The summed E-state index contributed by atoms with van der Waals surface area (Å²) in [6.45, 7) is 0. The molecule has 19 heavy (non-hydrogen) atoms. The molecule has 1 unspecified atom stereocenters. The molecule has 1 aromatic carbocycles. The number of carbonyl (C=O) groups is 1. The number of aryl methyl sites for hydroxylation is 1. The van der Waals surface area contributed by atoms with Crippen LogP contribution in [0.15, 0.2) is 24.3 Å². The minimum absolute atomic E-state index is 0.0499. The first-order valence-corrected chi connectivity index (χ1v) is 7.37. The summed E-state index contributed by atoms with van der Waals surface area (Å²) in [5, 5.41) is 3.18. The maximum absolute atomic E-state index is 12.4. The van der Waals surface area contributed by atoms with Crippen LogP contribution in [0.4, 0.5) is 0 Å². The summed E-state index contributed by atoms with van der Waals surface area (Å²) in [6, 6.07) is 8.54. The lowest BCUT2D eigenvalue weighted by atomic mass is 9.81. The SMILES string of the molecule is NC1(C(=O)NC2CCc3ccccc32)CCCCC1. The van der Waals surface area contributed by atoms with Crippen molar-refractivity contribution in [1.29, 1.82) is 0 Å². The lowest BCUT2D eigenvalue weighted by molar-refractivity contribution is -0.128. The van der Waals surface area contributed by atoms with Gasteiger partial charge in [-0.2, -0.15) is 0 Å². The van der Waals surface area contributed by atoms with Crippen LogP contribution >= 0.6 is 0 Å².